The molecule has 4 aromatic rings. The highest BCUT2D eigenvalue weighted by atomic mass is 32.1. The number of carbonyl (C=O) groups excluding carboxylic acids is 2. The number of aryl methyl sites for hydroxylation is 1. The molecule has 3 aromatic carbocycles. The van der Waals surface area contributed by atoms with Gasteiger partial charge in [0, 0.05) is 36.2 Å². The largest absolute Gasteiger partial charge is 0.495 e. The number of aromatic nitrogens is 1. The van der Waals surface area contributed by atoms with Crippen LogP contribution in [0.3, 0.4) is 0 Å². The minimum Gasteiger partial charge on any atom is -0.495 e. The summed E-state index contributed by atoms with van der Waals surface area (Å²) in [5, 5.41) is 12.0. The summed E-state index contributed by atoms with van der Waals surface area (Å²) in [5.41, 5.74) is 3.58. The van der Waals surface area contributed by atoms with Crippen molar-refractivity contribution in [1.29, 1.82) is 0 Å². The van der Waals surface area contributed by atoms with E-state index in [1.54, 1.807) is 50.6 Å². The van der Waals surface area contributed by atoms with Crippen LogP contribution in [0, 0.1) is 6.92 Å². The van der Waals surface area contributed by atoms with E-state index in [-0.39, 0.29) is 17.5 Å². The SMILES string of the molecule is CNC(=O)c1cc(Oc2ccc(NC(=S)Nc3cc(C(=O)Nc4ccccc4)ccc3OC)c(C)c2)ccn1. The van der Waals surface area contributed by atoms with E-state index in [1.165, 1.54) is 6.20 Å². The predicted octanol–water partition coefficient (Wildman–Crippen LogP) is 5.61. The number of hydrogen-bond acceptors (Lipinski definition) is 6. The lowest BCUT2D eigenvalue weighted by atomic mass is 10.1. The van der Waals surface area contributed by atoms with Crippen LogP contribution >= 0.6 is 12.2 Å². The van der Waals surface area contributed by atoms with Crippen molar-refractivity contribution in [3.05, 3.63) is 102 Å². The molecule has 0 fully saturated rings. The highest BCUT2D eigenvalue weighted by molar-refractivity contribution is 7.80. The molecule has 0 atom stereocenters. The highest BCUT2D eigenvalue weighted by Gasteiger charge is 2.13. The van der Waals surface area contributed by atoms with Gasteiger partial charge in [0.05, 0.1) is 12.8 Å². The summed E-state index contributed by atoms with van der Waals surface area (Å²) in [6.45, 7) is 1.91. The summed E-state index contributed by atoms with van der Waals surface area (Å²) in [5.74, 6) is 1.06. The van der Waals surface area contributed by atoms with Gasteiger partial charge in [-0.1, -0.05) is 18.2 Å². The van der Waals surface area contributed by atoms with E-state index < -0.39 is 0 Å². The maximum atomic E-state index is 12.8. The summed E-state index contributed by atoms with van der Waals surface area (Å²) in [6, 6.07) is 23.0. The Kier molecular flexibility index (Phi) is 8.70. The van der Waals surface area contributed by atoms with Crippen LogP contribution in [-0.2, 0) is 0 Å². The lowest BCUT2D eigenvalue weighted by Crippen LogP contribution is -2.20. The number of anilines is 3. The zero-order valence-electron chi connectivity index (χ0n) is 21.6. The monoisotopic (exact) mass is 541 g/mol. The Hall–Kier alpha value is -4.96. The van der Waals surface area contributed by atoms with E-state index in [1.807, 2.05) is 49.4 Å². The summed E-state index contributed by atoms with van der Waals surface area (Å²) in [7, 11) is 3.09. The second-order valence-electron chi connectivity index (χ2n) is 8.35. The first-order valence-corrected chi connectivity index (χ1v) is 12.4. The Bertz CT molecular complexity index is 1510. The zero-order valence-corrected chi connectivity index (χ0v) is 22.4. The molecule has 4 rings (SSSR count). The van der Waals surface area contributed by atoms with Crippen LogP contribution in [0.2, 0.25) is 0 Å². The van der Waals surface area contributed by atoms with Gasteiger partial charge in [-0.3, -0.25) is 14.6 Å². The third-order valence-corrected chi connectivity index (χ3v) is 5.82. The van der Waals surface area contributed by atoms with E-state index >= 15 is 0 Å². The number of hydrogen-bond donors (Lipinski definition) is 4. The molecule has 0 aliphatic rings. The molecule has 198 valence electrons. The lowest BCUT2D eigenvalue weighted by molar-refractivity contribution is 0.0957. The summed E-state index contributed by atoms with van der Waals surface area (Å²) in [4.78, 5) is 28.6. The number of pyridine rings is 1. The van der Waals surface area contributed by atoms with Crippen LogP contribution in [-0.4, -0.2) is 36.1 Å². The number of methoxy groups -OCH3 is 1. The summed E-state index contributed by atoms with van der Waals surface area (Å²) < 4.78 is 11.4. The van der Waals surface area contributed by atoms with E-state index in [0.717, 1.165) is 11.3 Å². The van der Waals surface area contributed by atoms with Crippen molar-refractivity contribution < 1.29 is 19.1 Å². The Morgan fingerprint density at radius 3 is 2.28 bits per heavy atom. The normalized spacial score (nSPS) is 10.2. The molecule has 0 aliphatic heterocycles. The maximum absolute atomic E-state index is 12.8. The molecule has 0 bridgehead atoms. The van der Waals surface area contributed by atoms with Gasteiger partial charge in [-0.25, -0.2) is 0 Å². The number of thiocarbonyl (C=S) groups is 1. The number of nitrogens with zero attached hydrogens (tertiary/aromatic N) is 1. The fourth-order valence-electron chi connectivity index (χ4n) is 3.65. The molecule has 0 unspecified atom stereocenters. The van der Waals surface area contributed by atoms with Crippen molar-refractivity contribution >= 4 is 46.2 Å². The van der Waals surface area contributed by atoms with Gasteiger partial charge < -0.3 is 30.7 Å². The van der Waals surface area contributed by atoms with Gasteiger partial charge in [-0.2, -0.15) is 0 Å². The summed E-state index contributed by atoms with van der Waals surface area (Å²) in [6.07, 6.45) is 1.52. The molecule has 1 heterocycles. The van der Waals surface area contributed by atoms with Crippen LogP contribution in [0.1, 0.15) is 26.4 Å². The molecule has 39 heavy (non-hydrogen) atoms. The standard InChI is InChI=1S/C29H27N5O4S/c1-18-15-21(38-22-13-14-31-25(17-22)28(36)30-2)10-11-23(18)33-29(39)34-24-16-19(9-12-26(24)37-3)27(35)32-20-7-5-4-6-8-20/h4-17H,1-3H3,(H,30,36)(H,32,35)(H2,33,34,39). The molecule has 10 heteroatoms. The number of benzene rings is 3. The average Bonchev–Trinajstić information content (AvgIpc) is 2.94. The molecule has 0 spiro atoms. The molecule has 1 aromatic heterocycles. The Morgan fingerprint density at radius 2 is 1.56 bits per heavy atom. The van der Waals surface area contributed by atoms with Gasteiger partial charge in [0.25, 0.3) is 11.8 Å². The molecule has 0 radical (unpaired) electrons. The van der Waals surface area contributed by atoms with Gasteiger partial charge in [0.2, 0.25) is 0 Å². The molecular formula is C29H27N5O4S. The maximum Gasteiger partial charge on any atom is 0.269 e. The topological polar surface area (TPSA) is 114 Å². The first-order chi connectivity index (χ1) is 18.9. The van der Waals surface area contributed by atoms with Gasteiger partial charge in [-0.05, 0) is 79.3 Å². The van der Waals surface area contributed by atoms with Crippen LogP contribution in [0.25, 0.3) is 0 Å². The van der Waals surface area contributed by atoms with Gasteiger partial charge in [-0.15, -0.1) is 0 Å². The highest BCUT2D eigenvalue weighted by Crippen LogP contribution is 2.28. The van der Waals surface area contributed by atoms with E-state index in [9.17, 15) is 9.59 Å². The van der Waals surface area contributed by atoms with E-state index in [2.05, 4.69) is 26.3 Å². The average molecular weight is 542 g/mol. The fourth-order valence-corrected chi connectivity index (χ4v) is 3.87. The number of rotatable bonds is 8. The lowest BCUT2D eigenvalue weighted by Gasteiger charge is -2.16. The Balaban J connectivity index is 1.43. The number of carbonyl (C=O) groups is 2. The van der Waals surface area contributed by atoms with Crippen molar-refractivity contribution in [1.82, 2.24) is 10.3 Å². The minimum absolute atomic E-state index is 0.256. The van der Waals surface area contributed by atoms with Crippen molar-refractivity contribution in [3.8, 4) is 17.2 Å². The third kappa shape index (κ3) is 7.08. The number of amides is 2. The third-order valence-electron chi connectivity index (χ3n) is 5.61. The molecule has 0 saturated carbocycles. The predicted molar refractivity (Wildman–Crippen MR) is 156 cm³/mol. The van der Waals surface area contributed by atoms with Crippen LogP contribution in [0.15, 0.2) is 85.1 Å². The van der Waals surface area contributed by atoms with Crippen LogP contribution in [0.4, 0.5) is 17.1 Å². The second kappa shape index (κ2) is 12.5. The quantitative estimate of drug-likeness (QED) is 0.213. The van der Waals surface area contributed by atoms with Crippen molar-refractivity contribution in [3.63, 3.8) is 0 Å². The number of para-hydroxylation sites is 1. The Morgan fingerprint density at radius 1 is 0.821 bits per heavy atom. The fraction of sp³-hybridized carbons (Fsp3) is 0.103. The molecule has 0 aliphatic carbocycles. The second-order valence-corrected chi connectivity index (χ2v) is 8.76. The first-order valence-electron chi connectivity index (χ1n) is 12.0. The molecule has 0 saturated heterocycles. The van der Waals surface area contributed by atoms with Crippen molar-refractivity contribution in [2.24, 2.45) is 0 Å². The van der Waals surface area contributed by atoms with Crippen LogP contribution < -0.4 is 30.7 Å². The molecule has 9 nitrogen and oxygen atoms in total. The molecule has 2 amide bonds. The van der Waals surface area contributed by atoms with Gasteiger partial charge in [0.1, 0.15) is 22.9 Å². The van der Waals surface area contributed by atoms with Crippen LogP contribution in [0.5, 0.6) is 17.2 Å². The van der Waals surface area contributed by atoms with E-state index in [0.29, 0.717) is 39.3 Å². The van der Waals surface area contributed by atoms with Crippen molar-refractivity contribution in [2.75, 3.05) is 30.1 Å². The minimum atomic E-state index is -0.295. The molecule has 4 N–H and O–H groups in total. The van der Waals surface area contributed by atoms with Gasteiger partial charge in [0.15, 0.2) is 5.11 Å². The van der Waals surface area contributed by atoms with Gasteiger partial charge >= 0.3 is 0 Å². The van der Waals surface area contributed by atoms with Crippen molar-refractivity contribution in [2.45, 2.75) is 6.92 Å². The Labute approximate surface area is 231 Å². The zero-order chi connectivity index (χ0) is 27.8. The summed E-state index contributed by atoms with van der Waals surface area (Å²) >= 11 is 5.53. The smallest absolute Gasteiger partial charge is 0.269 e. The number of ether oxygens (including phenoxy) is 2. The van der Waals surface area contributed by atoms with E-state index in [4.69, 9.17) is 21.7 Å². The first kappa shape index (κ1) is 27.1. The molecular weight excluding hydrogens is 514 g/mol. The number of nitrogens with one attached hydrogen (secondary N) is 4.